The number of hydrogen-bond acceptors (Lipinski definition) is 8. The molecule has 1 atom stereocenters. The molecule has 1 N–H and O–H groups in total. The Morgan fingerprint density at radius 2 is 1.88 bits per heavy atom. The highest BCUT2D eigenvalue weighted by Crippen LogP contribution is 2.48. The number of thiophene rings is 1. The standard InChI is InChI=1S/C25H23N3O2S3/c1-13-8-9-15-19(10-13)32-24(21(15)23-26-16-6-4-5-7-18(16)31-23)28-25-27-22-17(30-3)11-14(29-2)12-20(22)33-25/h4-7,11-13H,8-10H2,1-3H3,(H,27,28). The second kappa shape index (κ2) is 8.27. The molecule has 6 rings (SSSR count). The molecule has 1 aliphatic carbocycles. The second-order valence-electron chi connectivity index (χ2n) is 8.36. The highest BCUT2D eigenvalue weighted by atomic mass is 32.1. The number of ether oxygens (including phenoxy) is 2. The van der Waals surface area contributed by atoms with Crippen molar-refractivity contribution in [3.8, 4) is 22.1 Å². The highest BCUT2D eigenvalue weighted by molar-refractivity contribution is 7.24. The van der Waals surface area contributed by atoms with E-state index in [9.17, 15) is 0 Å². The molecule has 0 saturated carbocycles. The van der Waals surface area contributed by atoms with Gasteiger partial charge in [-0.05, 0) is 48.9 Å². The SMILES string of the molecule is COc1cc(OC)c2nc(Nc3sc4c(c3-c3nc5ccccc5s3)CCC(C)C4)sc2c1. The van der Waals surface area contributed by atoms with Gasteiger partial charge in [-0.3, -0.25) is 0 Å². The van der Waals surface area contributed by atoms with E-state index in [1.165, 1.54) is 27.1 Å². The van der Waals surface area contributed by atoms with E-state index in [2.05, 4.69) is 36.5 Å². The summed E-state index contributed by atoms with van der Waals surface area (Å²) in [5.41, 5.74) is 4.62. The minimum absolute atomic E-state index is 0.714. The van der Waals surface area contributed by atoms with Crippen LogP contribution < -0.4 is 14.8 Å². The van der Waals surface area contributed by atoms with Gasteiger partial charge in [-0.2, -0.15) is 0 Å². The molecule has 1 unspecified atom stereocenters. The number of nitrogens with zero attached hydrogens (tertiary/aromatic N) is 2. The lowest BCUT2D eigenvalue weighted by atomic mass is 9.88. The topological polar surface area (TPSA) is 56.3 Å². The zero-order valence-electron chi connectivity index (χ0n) is 18.6. The molecule has 2 aromatic carbocycles. The van der Waals surface area contributed by atoms with Crippen molar-refractivity contribution in [1.29, 1.82) is 0 Å². The summed E-state index contributed by atoms with van der Waals surface area (Å²) in [6, 6.07) is 12.3. The summed E-state index contributed by atoms with van der Waals surface area (Å²) in [4.78, 5) is 11.4. The number of nitrogens with one attached hydrogen (secondary N) is 1. The average Bonchev–Trinajstić information content (AvgIpc) is 3.51. The number of methoxy groups -OCH3 is 2. The number of para-hydroxylation sites is 1. The molecule has 0 fully saturated rings. The van der Waals surface area contributed by atoms with Gasteiger partial charge in [0, 0.05) is 16.5 Å². The predicted molar refractivity (Wildman–Crippen MR) is 140 cm³/mol. The molecule has 0 bridgehead atoms. The minimum Gasteiger partial charge on any atom is -0.497 e. The fraction of sp³-hybridized carbons (Fsp3) is 0.280. The number of rotatable bonds is 5. The lowest BCUT2D eigenvalue weighted by molar-refractivity contribution is 0.397. The van der Waals surface area contributed by atoms with E-state index in [4.69, 9.17) is 19.4 Å². The van der Waals surface area contributed by atoms with Gasteiger partial charge in [-0.25, -0.2) is 9.97 Å². The third kappa shape index (κ3) is 3.66. The molecule has 0 saturated heterocycles. The van der Waals surface area contributed by atoms with Gasteiger partial charge < -0.3 is 14.8 Å². The zero-order valence-corrected chi connectivity index (χ0v) is 21.0. The lowest BCUT2D eigenvalue weighted by Crippen LogP contribution is -2.09. The molecule has 33 heavy (non-hydrogen) atoms. The number of thiazole rings is 2. The second-order valence-corrected chi connectivity index (χ2v) is 11.5. The van der Waals surface area contributed by atoms with Crippen molar-refractivity contribution in [2.45, 2.75) is 26.2 Å². The van der Waals surface area contributed by atoms with Gasteiger partial charge >= 0.3 is 0 Å². The Balaban J connectivity index is 1.47. The lowest BCUT2D eigenvalue weighted by Gasteiger charge is -2.18. The van der Waals surface area contributed by atoms with Crippen LogP contribution in [0.4, 0.5) is 10.1 Å². The van der Waals surface area contributed by atoms with Crippen LogP contribution in [0, 0.1) is 5.92 Å². The molecular formula is C25H23N3O2S3. The first-order chi connectivity index (χ1) is 16.1. The maximum atomic E-state index is 5.57. The summed E-state index contributed by atoms with van der Waals surface area (Å²) < 4.78 is 13.3. The third-order valence-electron chi connectivity index (χ3n) is 6.13. The van der Waals surface area contributed by atoms with E-state index in [0.29, 0.717) is 5.92 Å². The fourth-order valence-electron chi connectivity index (χ4n) is 4.44. The van der Waals surface area contributed by atoms with E-state index in [0.717, 1.165) is 55.2 Å². The number of fused-ring (bicyclic) bond motifs is 3. The van der Waals surface area contributed by atoms with Crippen LogP contribution in [0.1, 0.15) is 23.8 Å². The van der Waals surface area contributed by atoms with Crippen molar-refractivity contribution in [3.63, 3.8) is 0 Å². The summed E-state index contributed by atoms with van der Waals surface area (Å²) >= 11 is 5.24. The summed E-state index contributed by atoms with van der Waals surface area (Å²) in [5, 5.41) is 6.74. The normalized spacial score (nSPS) is 15.7. The maximum absolute atomic E-state index is 5.57. The molecule has 0 amide bonds. The van der Waals surface area contributed by atoms with Gasteiger partial charge in [0.2, 0.25) is 0 Å². The quantitative estimate of drug-likeness (QED) is 0.274. The summed E-state index contributed by atoms with van der Waals surface area (Å²) in [5.74, 6) is 2.20. The first-order valence-corrected chi connectivity index (χ1v) is 13.4. The first kappa shape index (κ1) is 20.9. The van der Waals surface area contributed by atoms with Gasteiger partial charge in [0.15, 0.2) is 5.13 Å². The molecular weight excluding hydrogens is 470 g/mol. The van der Waals surface area contributed by atoms with E-state index in [-0.39, 0.29) is 0 Å². The largest absolute Gasteiger partial charge is 0.497 e. The summed E-state index contributed by atoms with van der Waals surface area (Å²) in [6.07, 6.45) is 3.45. The number of anilines is 2. The van der Waals surface area contributed by atoms with Gasteiger partial charge in [0.05, 0.1) is 29.1 Å². The van der Waals surface area contributed by atoms with Gasteiger partial charge in [0.1, 0.15) is 27.0 Å². The predicted octanol–water partition coefficient (Wildman–Crippen LogP) is 7.52. The third-order valence-corrected chi connectivity index (χ3v) is 9.27. The average molecular weight is 494 g/mol. The summed E-state index contributed by atoms with van der Waals surface area (Å²) in [6.45, 7) is 2.35. The molecule has 0 spiro atoms. The van der Waals surface area contributed by atoms with Crippen LogP contribution in [0.2, 0.25) is 0 Å². The van der Waals surface area contributed by atoms with Crippen LogP contribution in [0.25, 0.3) is 31.0 Å². The van der Waals surface area contributed by atoms with Gasteiger partial charge in [-0.1, -0.05) is 30.4 Å². The maximum Gasteiger partial charge on any atom is 0.189 e. The molecule has 5 aromatic rings. The van der Waals surface area contributed by atoms with Crippen molar-refractivity contribution in [3.05, 3.63) is 46.8 Å². The Morgan fingerprint density at radius 1 is 1.00 bits per heavy atom. The molecule has 168 valence electrons. The Kier molecular flexibility index (Phi) is 5.24. The smallest absolute Gasteiger partial charge is 0.189 e. The van der Waals surface area contributed by atoms with Crippen LogP contribution in [-0.2, 0) is 12.8 Å². The Hall–Kier alpha value is -2.68. The van der Waals surface area contributed by atoms with Crippen LogP contribution in [-0.4, -0.2) is 24.2 Å². The van der Waals surface area contributed by atoms with Crippen LogP contribution >= 0.6 is 34.0 Å². The molecule has 0 aliphatic heterocycles. The monoisotopic (exact) mass is 493 g/mol. The fourth-order valence-corrected chi connectivity index (χ4v) is 7.94. The van der Waals surface area contributed by atoms with Crippen molar-refractivity contribution in [2.24, 2.45) is 5.92 Å². The van der Waals surface area contributed by atoms with E-state index in [1.807, 2.05) is 23.5 Å². The number of benzene rings is 2. The zero-order chi connectivity index (χ0) is 22.5. The number of hydrogen-bond donors (Lipinski definition) is 1. The first-order valence-electron chi connectivity index (χ1n) is 10.9. The van der Waals surface area contributed by atoms with Crippen LogP contribution in [0.3, 0.4) is 0 Å². The van der Waals surface area contributed by atoms with Gasteiger partial charge in [-0.15, -0.1) is 22.7 Å². The van der Waals surface area contributed by atoms with Crippen molar-refractivity contribution < 1.29 is 9.47 Å². The van der Waals surface area contributed by atoms with Crippen LogP contribution in [0.5, 0.6) is 11.5 Å². The molecule has 5 nitrogen and oxygen atoms in total. The molecule has 3 aromatic heterocycles. The van der Waals surface area contributed by atoms with Gasteiger partial charge in [0.25, 0.3) is 0 Å². The van der Waals surface area contributed by atoms with Crippen molar-refractivity contribution >= 4 is 64.6 Å². The van der Waals surface area contributed by atoms with E-state index in [1.54, 1.807) is 36.9 Å². The van der Waals surface area contributed by atoms with Crippen LogP contribution in [0.15, 0.2) is 36.4 Å². The Labute approximate surface area is 204 Å². The van der Waals surface area contributed by atoms with E-state index >= 15 is 0 Å². The van der Waals surface area contributed by atoms with Crippen molar-refractivity contribution in [1.82, 2.24) is 9.97 Å². The molecule has 1 aliphatic rings. The van der Waals surface area contributed by atoms with Crippen molar-refractivity contribution in [2.75, 3.05) is 19.5 Å². The highest BCUT2D eigenvalue weighted by Gasteiger charge is 2.27. The number of aromatic nitrogens is 2. The summed E-state index contributed by atoms with van der Waals surface area (Å²) in [7, 11) is 3.34. The Bertz CT molecular complexity index is 1450. The molecule has 0 radical (unpaired) electrons. The molecule has 8 heteroatoms. The minimum atomic E-state index is 0.714. The Morgan fingerprint density at radius 3 is 2.70 bits per heavy atom. The molecule has 3 heterocycles. The van der Waals surface area contributed by atoms with E-state index < -0.39 is 0 Å².